The molecular weight excluding hydrogens is 1440 g/mol. The van der Waals surface area contributed by atoms with E-state index in [0.717, 1.165) is 166 Å². The lowest BCUT2D eigenvalue weighted by atomic mass is 9.86. The topological polar surface area (TPSA) is 120 Å². The van der Waals surface area contributed by atoms with Gasteiger partial charge in [-0.1, -0.05) is 166 Å². The lowest BCUT2D eigenvalue weighted by Crippen LogP contribution is -2.32. The maximum atomic E-state index is 8.77. The van der Waals surface area contributed by atoms with Crippen molar-refractivity contribution in [2.45, 2.75) is 223 Å². The summed E-state index contributed by atoms with van der Waals surface area (Å²) < 4.78 is 131. The highest BCUT2D eigenvalue weighted by molar-refractivity contribution is 6.12. The summed E-state index contributed by atoms with van der Waals surface area (Å²) in [4.78, 5) is 18.9. The smallest absolute Gasteiger partial charge is 0.227 e. The van der Waals surface area contributed by atoms with Crippen molar-refractivity contribution in [2.24, 2.45) is 50.3 Å². The highest BCUT2D eigenvalue weighted by Crippen LogP contribution is 2.43. The first-order valence-electron chi connectivity index (χ1n) is 47.3. The molecule has 117 heavy (non-hydrogen) atoms. The number of hydrogen-bond acceptors (Lipinski definition) is 8. The maximum Gasteiger partial charge on any atom is 0.227 e. The Bertz CT molecular complexity index is 7040. The van der Waals surface area contributed by atoms with Gasteiger partial charge in [-0.2, -0.15) is 0 Å². The second-order valence-corrected chi connectivity index (χ2v) is 36.7. The lowest BCUT2D eigenvalue weighted by molar-refractivity contribution is -0.660. The highest BCUT2D eigenvalue weighted by Gasteiger charge is 2.30. The summed E-state index contributed by atoms with van der Waals surface area (Å²) >= 11 is 0. The van der Waals surface area contributed by atoms with E-state index in [9.17, 15) is 0 Å². The van der Waals surface area contributed by atoms with Crippen molar-refractivity contribution in [3.8, 4) is 45.0 Å². The molecule has 12 heterocycles. The zero-order valence-electron chi connectivity index (χ0n) is 85.8. The van der Waals surface area contributed by atoms with Gasteiger partial charge >= 0.3 is 0 Å². The van der Waals surface area contributed by atoms with Crippen LogP contribution in [0.4, 0.5) is 0 Å². The van der Waals surface area contributed by atoms with E-state index < -0.39 is 32.8 Å². The molecule has 12 aromatic heterocycles. The molecule has 0 fully saturated rings. The van der Waals surface area contributed by atoms with E-state index in [1.807, 2.05) is 68.8 Å². The Balaban J connectivity index is 0.000000148. The number of furan rings is 4. The average Bonchev–Trinajstić information content (AvgIpc) is 1.21. The first kappa shape index (κ1) is 69.4. The molecule has 0 bridgehead atoms. The monoisotopic (exact) mass is 1580 g/mol. The normalized spacial score (nSPS) is 14.7. The predicted molar refractivity (Wildman–Crippen MR) is 485 cm³/mol. The first-order chi connectivity index (χ1) is 59.9. The van der Waals surface area contributed by atoms with Crippen LogP contribution in [0.15, 0.2) is 164 Å². The molecule has 12 heteroatoms. The first-order valence-corrected chi connectivity index (χ1v) is 41.3. The minimum Gasteiger partial charge on any atom is -0.437 e. The third kappa shape index (κ3) is 17.6. The summed E-state index contributed by atoms with van der Waals surface area (Å²) in [5.74, 6) is -2.06. The van der Waals surface area contributed by atoms with Crippen molar-refractivity contribution >= 4 is 88.3 Å². The minimum absolute atomic E-state index is 0.0436. The zero-order valence-corrected chi connectivity index (χ0v) is 73.8. The van der Waals surface area contributed by atoms with Gasteiger partial charge in [0, 0.05) is 129 Å². The fourth-order valence-corrected chi connectivity index (χ4v) is 16.2. The third-order valence-corrected chi connectivity index (χ3v) is 22.2. The number of fused-ring (bicyclic) bond motifs is 12. The number of pyridine rings is 8. The van der Waals surface area contributed by atoms with Crippen LogP contribution in [0.1, 0.15) is 235 Å². The van der Waals surface area contributed by atoms with Crippen molar-refractivity contribution in [2.75, 3.05) is 0 Å². The molecule has 0 aliphatic rings. The van der Waals surface area contributed by atoms with Crippen LogP contribution >= 0.6 is 0 Å². The number of hydrogen-bond donors (Lipinski definition) is 0. The van der Waals surface area contributed by atoms with Crippen LogP contribution in [-0.4, -0.2) is 19.9 Å². The third-order valence-electron chi connectivity index (χ3n) is 22.2. The Morgan fingerprint density at radius 3 is 0.897 bits per heavy atom. The van der Waals surface area contributed by atoms with E-state index in [4.69, 9.17) is 44.1 Å². The quantitative estimate of drug-likeness (QED) is 0.105. The molecule has 0 N–H and O–H groups in total. The molecule has 0 aliphatic carbocycles. The van der Waals surface area contributed by atoms with Gasteiger partial charge in [0.25, 0.3) is 0 Å². The molecule has 12 nitrogen and oxygen atoms in total. The highest BCUT2D eigenvalue weighted by atomic mass is 16.4. The molecule has 606 valence electrons. The van der Waals surface area contributed by atoms with E-state index in [0.29, 0.717) is 46.2 Å². The van der Waals surface area contributed by atoms with Crippen LogP contribution in [0, 0.1) is 77.4 Å². The molecule has 16 rings (SSSR count). The molecule has 4 aromatic carbocycles. The number of benzene rings is 4. The van der Waals surface area contributed by atoms with Crippen molar-refractivity contribution in [1.82, 2.24) is 19.9 Å². The number of aromatic nitrogens is 8. The van der Waals surface area contributed by atoms with E-state index in [1.165, 1.54) is 57.0 Å². The maximum absolute atomic E-state index is 8.77. The molecule has 0 saturated heterocycles. The molecule has 1 unspecified atom stereocenters. The minimum atomic E-state index is -3.02. The fraction of sp³-hybridized carbons (Fsp3) is 0.390. The zero-order chi connectivity index (χ0) is 94.7. The van der Waals surface area contributed by atoms with Crippen molar-refractivity contribution in [3.05, 3.63) is 236 Å². The van der Waals surface area contributed by atoms with Crippen LogP contribution in [0.25, 0.3) is 133 Å². The number of aryl methyl sites for hydroxylation is 14. The molecule has 0 saturated carbocycles. The fourth-order valence-electron chi connectivity index (χ4n) is 16.2. The van der Waals surface area contributed by atoms with Gasteiger partial charge in [-0.15, -0.1) is 0 Å². The molecule has 0 radical (unpaired) electrons. The molecule has 0 amide bonds. The van der Waals surface area contributed by atoms with Crippen molar-refractivity contribution < 1.29 is 52.4 Å². The van der Waals surface area contributed by atoms with Crippen molar-refractivity contribution in [1.29, 1.82) is 0 Å². The summed E-state index contributed by atoms with van der Waals surface area (Å²) in [5, 5.41) is 8.05. The van der Waals surface area contributed by atoms with Gasteiger partial charge in [-0.25, -0.2) is 38.2 Å². The van der Waals surface area contributed by atoms with Crippen LogP contribution < -0.4 is 18.3 Å². The second kappa shape index (κ2) is 33.0. The summed E-state index contributed by atoms with van der Waals surface area (Å²) in [6.45, 7) is 38.4. The molecule has 0 aliphatic heterocycles. The summed E-state index contributed by atoms with van der Waals surface area (Å²) in [7, 11) is 7.79. The van der Waals surface area contributed by atoms with Crippen LogP contribution in [0.5, 0.6) is 0 Å². The van der Waals surface area contributed by atoms with Crippen LogP contribution in [0.3, 0.4) is 0 Å². The Hall–Kier alpha value is -10.7. The Morgan fingerprint density at radius 1 is 0.350 bits per heavy atom. The van der Waals surface area contributed by atoms with E-state index >= 15 is 0 Å². The van der Waals surface area contributed by atoms with Gasteiger partial charge in [0.1, 0.15) is 28.2 Å². The van der Waals surface area contributed by atoms with Crippen molar-refractivity contribution in [3.63, 3.8) is 0 Å². The number of nitrogens with zero attached hydrogens (tertiary/aromatic N) is 8. The molecule has 0 spiro atoms. The Labute approximate surface area is 711 Å². The average molecular weight is 1580 g/mol. The summed E-state index contributed by atoms with van der Waals surface area (Å²) in [5.41, 5.74) is 28.0. The summed E-state index contributed by atoms with van der Waals surface area (Å²) in [6, 6.07) is 41.4. The SMILES string of the molecule is CCc1ccc2c(n1)oc1c(-c3cc(CC(C)(C)C)c(C)c[n+]3C)c(C)ccc12.Cc1c[n+](C)c(-c2c(C)ccc3c2oc2nc(C(C)C)ccc23)cc1CC(C)(C)C.[2H]C([2H])([2H])c1c[n+](C)c(-c2c(C)ccc3c2oc2nc(C(C)C)ccc23)cc1C([2H])([2H])C([2H])(C)C([2H])([2H])[2H].[2H]C([2H])([2H])c1c[n+](C)c(-c2c(C)ccc3c2oc2nc(CC)ccc23)cc1CC(C)(C)C. The Kier molecular flexibility index (Phi) is 19.6. The van der Waals surface area contributed by atoms with Gasteiger partial charge in [-0.3, -0.25) is 0 Å². The predicted octanol–water partition coefficient (Wildman–Crippen LogP) is 25.7. The van der Waals surface area contributed by atoms with Gasteiger partial charge in [-0.05, 0) is 221 Å². The van der Waals surface area contributed by atoms with Gasteiger partial charge < -0.3 is 17.7 Å². The van der Waals surface area contributed by atoms with Gasteiger partial charge in [0.05, 0.1) is 22.3 Å². The van der Waals surface area contributed by atoms with E-state index in [1.54, 1.807) is 17.8 Å². The molecular formula is C105H126N8O4+4. The molecule has 1 atom stereocenters. The second-order valence-electron chi connectivity index (χ2n) is 36.7. The largest absolute Gasteiger partial charge is 0.437 e. The lowest BCUT2D eigenvalue weighted by Gasteiger charge is -2.19. The molecule has 16 aromatic rings. The van der Waals surface area contributed by atoms with Gasteiger partial charge in [0.2, 0.25) is 45.6 Å². The van der Waals surface area contributed by atoms with Crippen LogP contribution in [0.2, 0.25) is 0 Å². The van der Waals surface area contributed by atoms with Gasteiger partial charge in [0.15, 0.2) is 47.1 Å². The standard InChI is InChI=1S/C27H33N2O.3C26H31N2O/c1-16(2)22-12-11-21-20-10-9-17(3)24(25(20)30-26(21)28-22)23-13-19(14-27(5,6)7)18(4)15-29(23)8;1-15(2)12-19-13-23(28(7)14-18(19)6)24-17(5)8-9-20-21-10-11-22(16(3)4)27-26(21)29-25(20)24;2*1-8-19-10-12-21-20-11-9-16(2)23(24(20)29-25(21)27-19)22-13-18(14-26(4,5)6)17(3)15-28(22)7/h9-13,15-16H,14H2,1-8H3;8-11,13-16H,12H2,1-7H3;2*9-13,15H,8,14H2,1-7H3/q4*+1/i;1D3,6D3,12D2,15D;3D3;. The van der Waals surface area contributed by atoms with E-state index in [2.05, 4.69) is 249 Å². The van der Waals surface area contributed by atoms with E-state index in [-0.39, 0.29) is 33.3 Å². The summed E-state index contributed by atoms with van der Waals surface area (Å²) in [6.07, 6.45) is 9.21. The Morgan fingerprint density at radius 2 is 0.615 bits per heavy atom. The van der Waals surface area contributed by atoms with Crippen LogP contribution in [-0.2, 0) is 66.7 Å². The number of rotatable bonds is 13.